The molecule has 0 bridgehead atoms. The number of hydrogen-bond acceptors (Lipinski definition) is 4. The summed E-state index contributed by atoms with van der Waals surface area (Å²) in [6, 6.07) is 14.0. The second-order valence-corrected chi connectivity index (χ2v) is 6.14. The number of nitrogens with zero attached hydrogens (tertiary/aromatic N) is 1. The Morgan fingerprint density at radius 3 is 2.72 bits per heavy atom. The van der Waals surface area contributed by atoms with Crippen molar-refractivity contribution in [1.82, 2.24) is 5.32 Å². The van der Waals surface area contributed by atoms with E-state index < -0.39 is 0 Å². The zero-order valence-corrected chi connectivity index (χ0v) is 13.9. The van der Waals surface area contributed by atoms with Crippen LogP contribution in [0.1, 0.15) is 23.1 Å². The highest BCUT2D eigenvalue weighted by molar-refractivity contribution is 6.14. The molecule has 4 rings (SSSR count). The molecule has 25 heavy (non-hydrogen) atoms. The molecule has 2 aromatic rings. The van der Waals surface area contributed by atoms with Gasteiger partial charge < -0.3 is 14.8 Å². The highest BCUT2D eigenvalue weighted by atomic mass is 16.7. The maximum atomic E-state index is 12.1. The van der Waals surface area contributed by atoms with Gasteiger partial charge in [0.05, 0.1) is 0 Å². The van der Waals surface area contributed by atoms with Crippen molar-refractivity contribution in [3.63, 3.8) is 0 Å². The van der Waals surface area contributed by atoms with Crippen molar-refractivity contribution in [2.24, 2.45) is 4.99 Å². The van der Waals surface area contributed by atoms with Crippen LogP contribution < -0.4 is 14.8 Å². The van der Waals surface area contributed by atoms with Crippen molar-refractivity contribution in [3.05, 3.63) is 64.9 Å². The van der Waals surface area contributed by atoms with Crippen molar-refractivity contribution in [2.45, 2.75) is 19.8 Å². The summed E-state index contributed by atoms with van der Waals surface area (Å²) in [6.07, 6.45) is 3.31. The van der Waals surface area contributed by atoms with Gasteiger partial charge in [-0.3, -0.25) is 4.79 Å². The normalized spacial score (nSPS) is 16.9. The van der Waals surface area contributed by atoms with Gasteiger partial charge in [0, 0.05) is 6.42 Å². The third kappa shape index (κ3) is 3.40. The first-order chi connectivity index (χ1) is 12.2. The fourth-order valence-corrected chi connectivity index (χ4v) is 2.81. The number of aliphatic imine (C=N–C) groups is 1. The minimum atomic E-state index is -0.170. The van der Waals surface area contributed by atoms with Crippen LogP contribution in [-0.4, -0.2) is 18.5 Å². The summed E-state index contributed by atoms with van der Waals surface area (Å²) in [7, 11) is 0. The fourth-order valence-electron chi connectivity index (χ4n) is 2.81. The van der Waals surface area contributed by atoms with Gasteiger partial charge in [0.15, 0.2) is 11.5 Å². The van der Waals surface area contributed by atoms with Gasteiger partial charge >= 0.3 is 0 Å². The Labute approximate surface area is 146 Å². The zero-order valence-electron chi connectivity index (χ0n) is 13.9. The molecule has 0 fully saturated rings. The number of fused-ring (bicyclic) bond motifs is 1. The third-order valence-corrected chi connectivity index (χ3v) is 4.22. The van der Waals surface area contributed by atoms with Crippen LogP contribution in [0, 0.1) is 6.92 Å². The van der Waals surface area contributed by atoms with Crippen LogP contribution in [0.2, 0.25) is 0 Å². The number of benzene rings is 2. The van der Waals surface area contributed by atoms with E-state index in [0.29, 0.717) is 23.7 Å². The summed E-state index contributed by atoms with van der Waals surface area (Å²) in [5, 5.41) is 2.84. The van der Waals surface area contributed by atoms with E-state index in [-0.39, 0.29) is 12.7 Å². The summed E-state index contributed by atoms with van der Waals surface area (Å²) in [5.74, 6) is 1.95. The monoisotopic (exact) mass is 334 g/mol. The molecule has 0 aliphatic carbocycles. The average molecular weight is 334 g/mol. The van der Waals surface area contributed by atoms with E-state index in [2.05, 4.69) is 41.5 Å². The zero-order chi connectivity index (χ0) is 17.2. The van der Waals surface area contributed by atoms with Crippen molar-refractivity contribution >= 4 is 17.8 Å². The summed E-state index contributed by atoms with van der Waals surface area (Å²) in [6.45, 7) is 2.30. The second-order valence-electron chi connectivity index (χ2n) is 6.14. The van der Waals surface area contributed by atoms with E-state index in [9.17, 15) is 4.79 Å². The van der Waals surface area contributed by atoms with Gasteiger partial charge in [0.2, 0.25) is 6.79 Å². The minimum Gasteiger partial charge on any atom is -0.454 e. The number of hydrogen-bond donors (Lipinski definition) is 1. The number of rotatable bonds is 4. The number of nitrogens with one attached hydrogen (secondary N) is 1. The SMILES string of the molecule is Cc1ccc(CCC2=N/C(=C/c3ccc4c(c3)OCO4)C(=O)N2)cc1. The van der Waals surface area contributed by atoms with E-state index in [4.69, 9.17) is 9.47 Å². The van der Waals surface area contributed by atoms with Gasteiger partial charge in [-0.05, 0) is 42.7 Å². The Morgan fingerprint density at radius 2 is 1.88 bits per heavy atom. The summed E-state index contributed by atoms with van der Waals surface area (Å²) in [4.78, 5) is 16.6. The molecule has 0 radical (unpaired) electrons. The van der Waals surface area contributed by atoms with Crippen LogP contribution >= 0.6 is 0 Å². The van der Waals surface area contributed by atoms with E-state index in [1.807, 2.05) is 18.2 Å². The van der Waals surface area contributed by atoms with Gasteiger partial charge in [0.1, 0.15) is 11.5 Å². The standard InChI is InChI=1S/C20H18N2O3/c1-13-2-4-14(5-3-13)7-9-19-21-16(20(23)22-19)10-15-6-8-17-18(11-15)25-12-24-17/h2-6,8,10-11H,7,9,12H2,1H3,(H,21,22,23)/b16-10+. The number of ether oxygens (including phenoxy) is 2. The van der Waals surface area contributed by atoms with Crippen LogP contribution in [-0.2, 0) is 11.2 Å². The summed E-state index contributed by atoms with van der Waals surface area (Å²) in [5.41, 5.74) is 3.75. The Bertz CT molecular complexity index is 882. The highest BCUT2D eigenvalue weighted by Crippen LogP contribution is 2.33. The molecule has 0 unspecified atom stereocenters. The molecule has 1 amide bonds. The quantitative estimate of drug-likeness (QED) is 0.873. The molecule has 5 heteroatoms. The van der Waals surface area contributed by atoms with Gasteiger partial charge in [-0.15, -0.1) is 0 Å². The largest absolute Gasteiger partial charge is 0.454 e. The minimum absolute atomic E-state index is 0.170. The molecule has 0 saturated carbocycles. The first-order valence-corrected chi connectivity index (χ1v) is 8.23. The molecule has 5 nitrogen and oxygen atoms in total. The van der Waals surface area contributed by atoms with Crippen LogP contribution in [0.25, 0.3) is 6.08 Å². The van der Waals surface area contributed by atoms with Gasteiger partial charge in [0.25, 0.3) is 5.91 Å². The Morgan fingerprint density at radius 1 is 1.08 bits per heavy atom. The van der Waals surface area contributed by atoms with Crippen molar-refractivity contribution < 1.29 is 14.3 Å². The van der Waals surface area contributed by atoms with Crippen LogP contribution in [0.15, 0.2) is 53.2 Å². The van der Waals surface area contributed by atoms with Crippen LogP contribution in [0.5, 0.6) is 11.5 Å². The fraction of sp³-hybridized carbons (Fsp3) is 0.200. The Balaban J connectivity index is 1.47. The van der Waals surface area contributed by atoms with E-state index in [1.54, 1.807) is 6.08 Å². The number of carbonyl (C=O) groups excluding carboxylic acids is 1. The molecule has 2 aliphatic rings. The lowest BCUT2D eigenvalue weighted by Gasteiger charge is -2.02. The maximum Gasteiger partial charge on any atom is 0.275 e. The highest BCUT2D eigenvalue weighted by Gasteiger charge is 2.20. The first-order valence-electron chi connectivity index (χ1n) is 8.23. The Kier molecular flexibility index (Phi) is 3.98. The molecular formula is C20H18N2O3. The molecule has 1 N–H and O–H groups in total. The smallest absolute Gasteiger partial charge is 0.275 e. The molecule has 0 spiro atoms. The number of carbonyl (C=O) groups is 1. The number of aryl methyl sites for hydroxylation is 2. The predicted octanol–water partition coefficient (Wildman–Crippen LogP) is 3.23. The van der Waals surface area contributed by atoms with Crippen molar-refractivity contribution in [3.8, 4) is 11.5 Å². The molecular weight excluding hydrogens is 316 g/mol. The van der Waals surface area contributed by atoms with Gasteiger partial charge in [-0.1, -0.05) is 35.9 Å². The van der Waals surface area contributed by atoms with Crippen LogP contribution in [0.4, 0.5) is 0 Å². The molecule has 0 atom stereocenters. The molecule has 0 saturated heterocycles. The third-order valence-electron chi connectivity index (χ3n) is 4.22. The summed E-state index contributed by atoms with van der Waals surface area (Å²) >= 11 is 0. The lowest BCUT2D eigenvalue weighted by Crippen LogP contribution is -2.24. The average Bonchev–Trinajstić information content (AvgIpc) is 3.21. The van der Waals surface area contributed by atoms with Gasteiger partial charge in [-0.2, -0.15) is 0 Å². The molecule has 0 aromatic heterocycles. The van der Waals surface area contributed by atoms with Crippen LogP contribution in [0.3, 0.4) is 0 Å². The molecule has 126 valence electrons. The summed E-state index contributed by atoms with van der Waals surface area (Å²) < 4.78 is 10.7. The Hall–Kier alpha value is -3.08. The molecule has 2 aromatic carbocycles. The van der Waals surface area contributed by atoms with Gasteiger partial charge in [-0.25, -0.2) is 4.99 Å². The maximum absolute atomic E-state index is 12.1. The first kappa shape index (κ1) is 15.4. The van der Waals surface area contributed by atoms with Crippen molar-refractivity contribution in [1.29, 1.82) is 0 Å². The second kappa shape index (κ2) is 6.43. The lowest BCUT2D eigenvalue weighted by atomic mass is 10.1. The van der Waals surface area contributed by atoms with E-state index in [1.165, 1.54) is 11.1 Å². The molecule has 2 aliphatic heterocycles. The molecule has 2 heterocycles. The topological polar surface area (TPSA) is 59.9 Å². The van der Waals surface area contributed by atoms with E-state index >= 15 is 0 Å². The number of amidine groups is 1. The van der Waals surface area contributed by atoms with E-state index in [0.717, 1.165) is 17.7 Å². The lowest BCUT2D eigenvalue weighted by molar-refractivity contribution is -0.115. The number of amides is 1. The van der Waals surface area contributed by atoms with Crippen molar-refractivity contribution in [2.75, 3.05) is 6.79 Å². The predicted molar refractivity (Wildman–Crippen MR) is 95.6 cm³/mol.